The Balaban J connectivity index is 1.70. The standard InChI is InChI=1S/C21H20ClFN4O2S/c1-3-21(2)11-27(18-15(28)9-8-12(23)17(18)21)14-7-5-4-6-13(14)24-20(29)26-16-10-30-19(22)25-16/h4-10,28H,3,11H2,1-2H3,(H2,24,26,29). The van der Waals surface area contributed by atoms with Gasteiger partial charge in [0.15, 0.2) is 4.47 Å². The minimum Gasteiger partial charge on any atom is -0.506 e. The van der Waals surface area contributed by atoms with Gasteiger partial charge in [-0.25, -0.2) is 14.2 Å². The minimum atomic E-state index is -0.481. The molecule has 3 aromatic rings. The monoisotopic (exact) mass is 446 g/mol. The van der Waals surface area contributed by atoms with Crippen molar-refractivity contribution in [2.24, 2.45) is 0 Å². The van der Waals surface area contributed by atoms with Gasteiger partial charge in [-0.15, -0.1) is 11.3 Å². The number of benzene rings is 2. The van der Waals surface area contributed by atoms with Crippen LogP contribution in [0.15, 0.2) is 41.8 Å². The molecule has 2 heterocycles. The molecule has 30 heavy (non-hydrogen) atoms. The number of phenolic OH excluding ortho intramolecular Hbond substituents is 1. The molecule has 1 aliphatic heterocycles. The predicted octanol–water partition coefficient (Wildman–Crippen LogP) is 6.10. The smallest absolute Gasteiger partial charge is 0.324 e. The average Bonchev–Trinajstić information content (AvgIpc) is 3.27. The Labute approximate surface area is 182 Å². The van der Waals surface area contributed by atoms with Crippen LogP contribution in [-0.2, 0) is 5.41 Å². The Morgan fingerprint density at radius 1 is 1.33 bits per heavy atom. The fraction of sp³-hybridized carbons (Fsp3) is 0.238. The van der Waals surface area contributed by atoms with E-state index in [0.717, 1.165) is 0 Å². The van der Waals surface area contributed by atoms with Crippen molar-refractivity contribution in [3.8, 4) is 5.75 Å². The highest BCUT2D eigenvalue weighted by atomic mass is 35.5. The van der Waals surface area contributed by atoms with Gasteiger partial charge >= 0.3 is 6.03 Å². The number of urea groups is 1. The number of para-hydroxylation sites is 2. The lowest BCUT2D eigenvalue weighted by Gasteiger charge is -2.26. The molecule has 0 saturated carbocycles. The SMILES string of the molecule is CCC1(C)CN(c2ccccc2NC(=O)Nc2csc(Cl)n2)c2c(O)ccc(F)c21. The summed E-state index contributed by atoms with van der Waals surface area (Å²) in [6.45, 7) is 4.44. The lowest BCUT2D eigenvalue weighted by atomic mass is 9.81. The number of rotatable bonds is 4. The molecule has 1 aromatic heterocycles. The fourth-order valence-corrected chi connectivity index (χ4v) is 4.49. The Hall–Kier alpha value is -2.84. The summed E-state index contributed by atoms with van der Waals surface area (Å²) in [5.74, 6) is 0.00274. The molecule has 0 bridgehead atoms. The molecule has 0 spiro atoms. The number of phenols is 1. The van der Waals surface area contributed by atoms with Crippen LogP contribution in [0.25, 0.3) is 0 Å². The van der Waals surface area contributed by atoms with Gasteiger partial charge in [0.1, 0.15) is 17.4 Å². The summed E-state index contributed by atoms with van der Waals surface area (Å²) < 4.78 is 15.1. The van der Waals surface area contributed by atoms with Crippen LogP contribution in [0, 0.1) is 5.82 Å². The first-order valence-electron chi connectivity index (χ1n) is 9.40. The lowest BCUT2D eigenvalue weighted by molar-refractivity contribution is 0.262. The topological polar surface area (TPSA) is 77.5 Å². The lowest BCUT2D eigenvalue weighted by Crippen LogP contribution is -2.29. The number of anilines is 4. The summed E-state index contributed by atoms with van der Waals surface area (Å²) >= 11 is 7.02. The van der Waals surface area contributed by atoms with Gasteiger partial charge in [0, 0.05) is 22.9 Å². The zero-order valence-corrected chi connectivity index (χ0v) is 17.9. The number of nitrogens with zero attached hydrogens (tertiary/aromatic N) is 2. The number of thiazole rings is 1. The van der Waals surface area contributed by atoms with E-state index in [-0.39, 0.29) is 11.6 Å². The number of carbonyl (C=O) groups excluding carboxylic acids is 1. The Morgan fingerprint density at radius 3 is 2.80 bits per heavy atom. The second-order valence-electron chi connectivity index (χ2n) is 7.37. The largest absolute Gasteiger partial charge is 0.506 e. The van der Waals surface area contributed by atoms with Crippen LogP contribution in [0.2, 0.25) is 4.47 Å². The molecule has 0 saturated heterocycles. The molecule has 1 aliphatic rings. The van der Waals surface area contributed by atoms with E-state index in [4.69, 9.17) is 11.6 Å². The van der Waals surface area contributed by atoms with Gasteiger partial charge in [-0.1, -0.05) is 37.6 Å². The van der Waals surface area contributed by atoms with E-state index >= 15 is 0 Å². The number of carbonyl (C=O) groups is 1. The van der Waals surface area contributed by atoms with Crippen molar-refractivity contribution in [2.75, 3.05) is 22.1 Å². The summed E-state index contributed by atoms with van der Waals surface area (Å²) in [5.41, 5.74) is 1.61. The zero-order chi connectivity index (χ0) is 21.5. The number of halogens is 2. The van der Waals surface area contributed by atoms with Crippen LogP contribution in [0.3, 0.4) is 0 Å². The molecular weight excluding hydrogens is 427 g/mol. The summed E-state index contributed by atoms with van der Waals surface area (Å²) in [4.78, 5) is 18.3. The van der Waals surface area contributed by atoms with Crippen LogP contribution in [-0.4, -0.2) is 22.7 Å². The third-order valence-corrected chi connectivity index (χ3v) is 6.41. The number of aromatic nitrogens is 1. The number of amides is 2. The van der Waals surface area contributed by atoms with Crippen molar-refractivity contribution in [3.05, 3.63) is 57.6 Å². The zero-order valence-electron chi connectivity index (χ0n) is 16.4. The molecule has 1 unspecified atom stereocenters. The maximum atomic E-state index is 14.8. The second-order valence-corrected chi connectivity index (χ2v) is 8.81. The highest BCUT2D eigenvalue weighted by molar-refractivity contribution is 7.14. The summed E-state index contributed by atoms with van der Waals surface area (Å²) in [6, 6.07) is 9.37. The number of aromatic hydroxyl groups is 1. The highest BCUT2D eigenvalue weighted by Crippen LogP contribution is 2.52. The number of fused-ring (bicyclic) bond motifs is 1. The predicted molar refractivity (Wildman–Crippen MR) is 119 cm³/mol. The van der Waals surface area contributed by atoms with Gasteiger partial charge in [-0.2, -0.15) is 0 Å². The molecule has 2 aromatic carbocycles. The highest BCUT2D eigenvalue weighted by Gasteiger charge is 2.42. The second kappa shape index (κ2) is 7.77. The first-order valence-corrected chi connectivity index (χ1v) is 10.7. The molecule has 9 heteroatoms. The molecule has 0 radical (unpaired) electrons. The Morgan fingerprint density at radius 2 is 2.10 bits per heavy atom. The van der Waals surface area contributed by atoms with Gasteiger partial charge in [-0.3, -0.25) is 5.32 Å². The summed E-state index contributed by atoms with van der Waals surface area (Å²) in [6.07, 6.45) is 0.692. The van der Waals surface area contributed by atoms with E-state index in [0.29, 0.717) is 45.9 Å². The molecule has 2 amide bonds. The van der Waals surface area contributed by atoms with E-state index in [1.165, 1.54) is 23.5 Å². The number of hydrogen-bond donors (Lipinski definition) is 3. The van der Waals surface area contributed by atoms with Crippen LogP contribution >= 0.6 is 22.9 Å². The first kappa shape index (κ1) is 20.4. The van der Waals surface area contributed by atoms with Crippen molar-refractivity contribution < 1.29 is 14.3 Å². The van der Waals surface area contributed by atoms with E-state index < -0.39 is 11.4 Å². The summed E-state index contributed by atoms with van der Waals surface area (Å²) in [5, 5.41) is 17.6. The molecule has 0 fully saturated rings. The quantitative estimate of drug-likeness (QED) is 0.452. The van der Waals surface area contributed by atoms with Gasteiger partial charge in [0.25, 0.3) is 0 Å². The van der Waals surface area contributed by atoms with E-state index in [2.05, 4.69) is 15.6 Å². The molecule has 156 valence electrons. The molecule has 0 aliphatic carbocycles. The third-order valence-electron chi connectivity index (χ3n) is 5.43. The van der Waals surface area contributed by atoms with Crippen molar-refractivity contribution in [2.45, 2.75) is 25.7 Å². The Bertz CT molecular complexity index is 1120. The van der Waals surface area contributed by atoms with Crippen molar-refractivity contribution in [3.63, 3.8) is 0 Å². The van der Waals surface area contributed by atoms with Crippen LogP contribution in [0.4, 0.5) is 32.1 Å². The van der Waals surface area contributed by atoms with Crippen LogP contribution in [0.1, 0.15) is 25.8 Å². The first-order chi connectivity index (χ1) is 14.3. The fourth-order valence-electron chi connectivity index (χ4n) is 3.80. The van der Waals surface area contributed by atoms with Gasteiger partial charge < -0.3 is 15.3 Å². The maximum absolute atomic E-state index is 14.8. The number of nitrogens with one attached hydrogen (secondary N) is 2. The normalized spacial score (nSPS) is 17.7. The third kappa shape index (κ3) is 3.57. The molecular formula is C21H20ClFN4O2S. The van der Waals surface area contributed by atoms with Crippen LogP contribution in [0.5, 0.6) is 5.75 Å². The Kier molecular flexibility index (Phi) is 5.29. The maximum Gasteiger partial charge on any atom is 0.324 e. The van der Waals surface area contributed by atoms with Gasteiger partial charge in [0.2, 0.25) is 0 Å². The number of hydrogen-bond acceptors (Lipinski definition) is 5. The van der Waals surface area contributed by atoms with Crippen LogP contribution < -0.4 is 15.5 Å². The summed E-state index contributed by atoms with van der Waals surface area (Å²) in [7, 11) is 0. The van der Waals surface area contributed by atoms with E-state index in [9.17, 15) is 14.3 Å². The minimum absolute atomic E-state index is 0.0000513. The van der Waals surface area contributed by atoms with E-state index in [1.807, 2.05) is 30.9 Å². The van der Waals surface area contributed by atoms with Gasteiger partial charge in [-0.05, 0) is 30.7 Å². The molecule has 3 N–H and O–H groups in total. The average molecular weight is 447 g/mol. The van der Waals surface area contributed by atoms with Crippen molar-refractivity contribution >= 4 is 51.8 Å². The van der Waals surface area contributed by atoms with Crippen molar-refractivity contribution in [1.29, 1.82) is 0 Å². The van der Waals surface area contributed by atoms with Crippen molar-refractivity contribution in [1.82, 2.24) is 4.98 Å². The molecule has 1 atom stereocenters. The van der Waals surface area contributed by atoms with Gasteiger partial charge in [0.05, 0.1) is 17.1 Å². The van der Waals surface area contributed by atoms with E-state index in [1.54, 1.807) is 17.5 Å². The molecule has 4 rings (SSSR count). The molecule has 6 nitrogen and oxygen atoms in total.